The summed E-state index contributed by atoms with van der Waals surface area (Å²) in [6.07, 6.45) is 5.22. The number of aryl methyl sites for hydroxylation is 2. The Morgan fingerprint density at radius 1 is 0.738 bits per heavy atom. The van der Waals surface area contributed by atoms with Gasteiger partial charge in [-0.3, -0.25) is 14.6 Å². The van der Waals surface area contributed by atoms with E-state index in [1.54, 1.807) is 6.20 Å². The zero-order valence-corrected chi connectivity index (χ0v) is 24.3. The Morgan fingerprint density at radius 2 is 1.29 bits per heavy atom. The summed E-state index contributed by atoms with van der Waals surface area (Å²) >= 11 is 1.09. The molecule has 0 N–H and O–H groups in total. The monoisotopic (exact) mass is 571 g/mol. The second-order valence-corrected chi connectivity index (χ2v) is 11.7. The lowest BCUT2D eigenvalue weighted by molar-refractivity contribution is -0.134. The molecule has 2 aliphatic carbocycles. The minimum atomic E-state index is -0.449. The third kappa shape index (κ3) is 4.61. The molecule has 2 aliphatic rings. The predicted molar refractivity (Wildman–Crippen MR) is 167 cm³/mol. The van der Waals surface area contributed by atoms with E-state index in [1.807, 2.05) is 12.1 Å². The number of hydrogen-bond donors (Lipinski definition) is 0. The number of fused-ring (bicyclic) bond motifs is 2. The number of aromatic nitrogens is 3. The van der Waals surface area contributed by atoms with E-state index < -0.39 is 5.78 Å². The lowest BCUT2D eigenvalue weighted by atomic mass is 9.81. The first kappa shape index (κ1) is 26.3. The van der Waals surface area contributed by atoms with Gasteiger partial charge in [0.25, 0.3) is 0 Å². The molecule has 2 unspecified atom stereocenters. The molecule has 0 amide bonds. The zero-order chi connectivity index (χ0) is 28.8. The van der Waals surface area contributed by atoms with Crippen LogP contribution in [0, 0.1) is 25.7 Å². The Hall–Kier alpha value is -4.56. The summed E-state index contributed by atoms with van der Waals surface area (Å²) in [7, 11) is 0. The molecule has 2 atom stereocenters. The maximum absolute atomic E-state index is 12.8. The van der Waals surface area contributed by atoms with Crippen molar-refractivity contribution in [2.75, 3.05) is 4.90 Å². The van der Waals surface area contributed by atoms with Crippen molar-refractivity contribution >= 4 is 62.8 Å². The Balaban J connectivity index is 1.25. The molecule has 42 heavy (non-hydrogen) atoms. The molecule has 3 aromatic carbocycles. The van der Waals surface area contributed by atoms with Crippen molar-refractivity contribution in [3.63, 3.8) is 0 Å². The molecule has 8 heteroatoms. The summed E-state index contributed by atoms with van der Waals surface area (Å²) in [5, 5.41) is 0. The maximum Gasteiger partial charge on any atom is 0.243 e. The van der Waals surface area contributed by atoms with Crippen LogP contribution >= 0.6 is 11.7 Å². The van der Waals surface area contributed by atoms with Gasteiger partial charge in [-0.1, -0.05) is 60.4 Å². The molecular weight excluding hydrogens is 542 g/mol. The SMILES string of the molecule is Cc1ccc(N(c2ccc(C)cc2)c2ccc(-c3ncc(N=C4C(=O)C(=O)C5CCCCC45)c4nsnc34)cc2)cc1. The van der Waals surface area contributed by atoms with Gasteiger partial charge in [-0.25, -0.2) is 4.99 Å². The van der Waals surface area contributed by atoms with Crippen LogP contribution < -0.4 is 4.90 Å². The number of aliphatic imine (C=N–C) groups is 1. The van der Waals surface area contributed by atoms with E-state index in [1.165, 1.54) is 11.1 Å². The Kier molecular flexibility index (Phi) is 6.70. The Labute approximate surface area is 248 Å². The number of Topliss-reactive ketones (excluding diaryl/α,β-unsaturated/α-hetero) is 2. The first-order valence-electron chi connectivity index (χ1n) is 14.3. The molecule has 0 spiro atoms. The van der Waals surface area contributed by atoms with E-state index in [2.05, 4.69) is 88.2 Å². The molecule has 0 radical (unpaired) electrons. The van der Waals surface area contributed by atoms with Crippen molar-refractivity contribution < 1.29 is 9.59 Å². The fourth-order valence-electron chi connectivity index (χ4n) is 6.15. The maximum atomic E-state index is 12.8. The third-order valence-electron chi connectivity index (χ3n) is 8.41. The summed E-state index contributed by atoms with van der Waals surface area (Å²) in [6, 6.07) is 25.3. The van der Waals surface area contributed by atoms with Crippen molar-refractivity contribution in [3.05, 3.63) is 90.1 Å². The van der Waals surface area contributed by atoms with E-state index in [9.17, 15) is 9.59 Å². The van der Waals surface area contributed by atoms with Gasteiger partial charge in [0, 0.05) is 34.5 Å². The number of pyridine rings is 1. The number of carbonyl (C=O) groups is 2. The van der Waals surface area contributed by atoms with E-state index >= 15 is 0 Å². The highest BCUT2D eigenvalue weighted by Crippen LogP contribution is 2.40. The zero-order valence-electron chi connectivity index (χ0n) is 23.4. The fraction of sp³-hybridized carbons (Fsp3) is 0.235. The van der Waals surface area contributed by atoms with Crippen LogP contribution in [0.2, 0.25) is 0 Å². The minimum absolute atomic E-state index is 0.0994. The number of nitrogens with zero attached hydrogens (tertiary/aromatic N) is 5. The van der Waals surface area contributed by atoms with Crippen molar-refractivity contribution in [2.45, 2.75) is 39.5 Å². The number of rotatable bonds is 5. The third-order valence-corrected chi connectivity index (χ3v) is 8.93. The standard InChI is InChI=1S/C34H29N5O2S/c1-20-7-13-23(14-8-20)39(24-15-9-21(2)10-16-24)25-17-11-22(12-18-25)29-32-31(37-42-38-32)28(19-35-29)36-30-26-5-3-4-6-27(26)33(40)34(30)41/h7-19,26-27H,3-6H2,1-2H3. The van der Waals surface area contributed by atoms with E-state index in [0.29, 0.717) is 28.1 Å². The van der Waals surface area contributed by atoms with Crippen molar-refractivity contribution in [2.24, 2.45) is 16.8 Å². The number of hydrogen-bond acceptors (Lipinski definition) is 8. The highest BCUT2D eigenvalue weighted by molar-refractivity contribution is 7.00. The fourth-order valence-corrected chi connectivity index (χ4v) is 6.71. The minimum Gasteiger partial charge on any atom is -0.311 e. The second-order valence-electron chi connectivity index (χ2n) is 11.2. The topological polar surface area (TPSA) is 88.4 Å². The molecule has 7 rings (SSSR count). The van der Waals surface area contributed by atoms with Gasteiger partial charge in [0.05, 0.1) is 29.3 Å². The van der Waals surface area contributed by atoms with Crippen molar-refractivity contribution in [1.29, 1.82) is 0 Å². The predicted octanol–water partition coefficient (Wildman–Crippen LogP) is 7.87. The molecule has 2 aromatic heterocycles. The van der Waals surface area contributed by atoms with Gasteiger partial charge in [0.15, 0.2) is 0 Å². The average molecular weight is 572 g/mol. The van der Waals surface area contributed by atoms with Gasteiger partial charge in [-0.2, -0.15) is 8.75 Å². The van der Waals surface area contributed by atoms with Crippen LogP contribution in [0.3, 0.4) is 0 Å². The molecule has 5 aromatic rings. The van der Waals surface area contributed by atoms with Crippen molar-refractivity contribution in [1.82, 2.24) is 13.7 Å². The molecular formula is C34H29N5O2S. The van der Waals surface area contributed by atoms with Crippen LogP contribution in [0.5, 0.6) is 0 Å². The van der Waals surface area contributed by atoms with Crippen LogP contribution in [0.15, 0.2) is 84.0 Å². The average Bonchev–Trinajstić information content (AvgIpc) is 3.60. The molecule has 2 fully saturated rings. The van der Waals surface area contributed by atoms with Gasteiger partial charge in [0.1, 0.15) is 16.7 Å². The summed E-state index contributed by atoms with van der Waals surface area (Å²) < 4.78 is 9.06. The van der Waals surface area contributed by atoms with Gasteiger partial charge < -0.3 is 4.90 Å². The van der Waals surface area contributed by atoms with Crippen LogP contribution in [0.4, 0.5) is 22.7 Å². The van der Waals surface area contributed by atoms with Crippen LogP contribution in [-0.4, -0.2) is 31.0 Å². The van der Waals surface area contributed by atoms with Crippen LogP contribution in [0.1, 0.15) is 36.8 Å². The first-order valence-corrected chi connectivity index (χ1v) is 15.0. The highest BCUT2D eigenvalue weighted by Gasteiger charge is 2.47. The summed E-state index contributed by atoms with van der Waals surface area (Å²) in [5.74, 6) is -1.06. The molecule has 208 valence electrons. The van der Waals surface area contributed by atoms with Crippen LogP contribution in [0.25, 0.3) is 22.3 Å². The lowest BCUT2D eigenvalue weighted by Crippen LogP contribution is -2.21. The smallest absolute Gasteiger partial charge is 0.243 e. The van der Waals surface area contributed by atoms with E-state index in [-0.39, 0.29) is 17.6 Å². The number of ketones is 2. The van der Waals surface area contributed by atoms with E-state index in [0.717, 1.165) is 60.0 Å². The summed E-state index contributed by atoms with van der Waals surface area (Å²) in [5.41, 5.74) is 9.29. The second kappa shape index (κ2) is 10.7. The van der Waals surface area contributed by atoms with Gasteiger partial charge in [0.2, 0.25) is 11.6 Å². The normalized spacial score (nSPS) is 19.4. The molecule has 7 nitrogen and oxygen atoms in total. The molecule has 0 bridgehead atoms. The van der Waals surface area contributed by atoms with Gasteiger partial charge in [-0.15, -0.1) is 0 Å². The van der Waals surface area contributed by atoms with Crippen LogP contribution in [-0.2, 0) is 9.59 Å². The molecule has 0 saturated heterocycles. The van der Waals surface area contributed by atoms with Crippen molar-refractivity contribution in [3.8, 4) is 11.3 Å². The van der Waals surface area contributed by atoms with E-state index in [4.69, 9.17) is 9.98 Å². The molecule has 2 heterocycles. The number of benzene rings is 3. The highest BCUT2D eigenvalue weighted by atomic mass is 32.1. The Bertz CT molecular complexity index is 1800. The summed E-state index contributed by atoms with van der Waals surface area (Å²) in [4.78, 5) is 37.1. The van der Waals surface area contributed by atoms with Gasteiger partial charge >= 0.3 is 0 Å². The largest absolute Gasteiger partial charge is 0.311 e. The quantitative estimate of drug-likeness (QED) is 0.200. The first-order chi connectivity index (χ1) is 20.5. The number of anilines is 3. The Morgan fingerprint density at radius 3 is 1.90 bits per heavy atom. The molecule has 0 aliphatic heterocycles. The van der Waals surface area contributed by atoms with Gasteiger partial charge in [-0.05, 0) is 63.1 Å². The lowest BCUT2D eigenvalue weighted by Gasteiger charge is -2.26. The number of carbonyl (C=O) groups excluding carboxylic acids is 2. The molecule has 2 saturated carbocycles. The summed E-state index contributed by atoms with van der Waals surface area (Å²) in [6.45, 7) is 4.18.